The van der Waals surface area contributed by atoms with E-state index >= 15 is 0 Å². The van der Waals surface area contributed by atoms with Gasteiger partial charge in [-0.05, 0) is 34.1 Å². The van der Waals surface area contributed by atoms with E-state index < -0.39 is 10.0 Å². The van der Waals surface area contributed by atoms with E-state index in [1.54, 1.807) is 0 Å². The normalized spacial score (nSPS) is 12.7. The molecule has 1 aromatic rings. The molecule has 0 aliphatic heterocycles. The van der Waals surface area contributed by atoms with E-state index in [1.165, 1.54) is 18.2 Å². The van der Waals surface area contributed by atoms with Crippen molar-refractivity contribution in [3.63, 3.8) is 0 Å². The molecule has 0 heterocycles. The summed E-state index contributed by atoms with van der Waals surface area (Å²) in [6.45, 7) is -0.279. The van der Waals surface area contributed by atoms with E-state index in [2.05, 4.69) is 25.8 Å². The van der Waals surface area contributed by atoms with Gasteiger partial charge >= 0.3 is 0 Å². The molecule has 6 nitrogen and oxygen atoms in total. The lowest BCUT2D eigenvalue weighted by Crippen LogP contribution is -2.33. The summed E-state index contributed by atoms with van der Waals surface area (Å²) < 4.78 is 26.1. The average Bonchev–Trinajstić information content (AvgIpc) is 2.29. The van der Waals surface area contributed by atoms with Gasteiger partial charge in [-0.15, -0.1) is 0 Å². The van der Waals surface area contributed by atoms with Crippen LogP contribution in [0.2, 0.25) is 5.02 Å². The number of amidine groups is 1. The summed E-state index contributed by atoms with van der Waals surface area (Å²) in [4.78, 5) is 0.0273. The highest BCUT2D eigenvalue weighted by molar-refractivity contribution is 9.10. The number of nitrogens with two attached hydrogens (primary N) is 1. The number of hydrogen-bond acceptors (Lipinski definition) is 4. The first kappa shape index (κ1) is 14.2. The van der Waals surface area contributed by atoms with Gasteiger partial charge in [-0.1, -0.05) is 16.8 Å². The van der Waals surface area contributed by atoms with Crippen molar-refractivity contribution >= 4 is 43.4 Å². The molecular weight excluding hydrogens is 334 g/mol. The molecule has 0 radical (unpaired) electrons. The van der Waals surface area contributed by atoms with Gasteiger partial charge in [0, 0.05) is 4.47 Å². The number of rotatable bonds is 4. The van der Waals surface area contributed by atoms with Gasteiger partial charge in [0.05, 0.1) is 16.5 Å². The first-order valence-corrected chi connectivity index (χ1v) is 6.93. The van der Waals surface area contributed by atoms with Gasteiger partial charge in [0.25, 0.3) is 0 Å². The lowest BCUT2D eigenvalue weighted by molar-refractivity contribution is 0.317. The second-order valence-electron chi connectivity index (χ2n) is 2.99. The third-order valence-corrected chi connectivity index (χ3v) is 4.39. The molecule has 0 fully saturated rings. The fourth-order valence-electron chi connectivity index (χ4n) is 0.932. The van der Waals surface area contributed by atoms with Crippen LogP contribution in [0.1, 0.15) is 0 Å². The number of sulfonamides is 1. The molecule has 0 spiro atoms. The highest BCUT2D eigenvalue weighted by Crippen LogP contribution is 2.25. The highest BCUT2D eigenvalue weighted by Gasteiger charge is 2.15. The van der Waals surface area contributed by atoms with Crippen molar-refractivity contribution in [2.24, 2.45) is 10.9 Å². The van der Waals surface area contributed by atoms with Crippen molar-refractivity contribution < 1.29 is 13.6 Å². The smallest absolute Gasteiger partial charge is 0.241 e. The molecule has 0 bridgehead atoms. The van der Waals surface area contributed by atoms with Gasteiger partial charge in [0.15, 0.2) is 5.84 Å². The van der Waals surface area contributed by atoms with Crippen LogP contribution in [0.15, 0.2) is 32.7 Å². The maximum absolute atomic E-state index is 11.7. The highest BCUT2D eigenvalue weighted by atomic mass is 79.9. The molecule has 0 amide bonds. The lowest BCUT2D eigenvalue weighted by atomic mass is 10.4. The summed E-state index contributed by atoms with van der Waals surface area (Å²) in [5.74, 6) is -0.235. The number of oxime groups is 1. The summed E-state index contributed by atoms with van der Waals surface area (Å²) in [5.41, 5.74) is 5.15. The first-order valence-electron chi connectivity index (χ1n) is 4.28. The van der Waals surface area contributed by atoms with Gasteiger partial charge in [0.1, 0.15) is 0 Å². The summed E-state index contributed by atoms with van der Waals surface area (Å²) in [7, 11) is -3.72. The zero-order valence-electron chi connectivity index (χ0n) is 8.39. The quantitative estimate of drug-likeness (QED) is 0.330. The van der Waals surface area contributed by atoms with Crippen LogP contribution in [0.4, 0.5) is 0 Å². The summed E-state index contributed by atoms with van der Waals surface area (Å²) in [6.07, 6.45) is 0. The molecule has 94 valence electrons. The van der Waals surface area contributed by atoms with Crippen LogP contribution in [0, 0.1) is 0 Å². The molecule has 0 aliphatic carbocycles. The topological polar surface area (TPSA) is 105 Å². The second kappa shape index (κ2) is 5.67. The van der Waals surface area contributed by atoms with Crippen molar-refractivity contribution in [3.8, 4) is 0 Å². The molecule has 0 saturated carbocycles. The molecule has 1 rings (SSSR count). The first-order chi connectivity index (χ1) is 7.86. The Kier molecular flexibility index (Phi) is 4.75. The monoisotopic (exact) mass is 341 g/mol. The van der Waals surface area contributed by atoms with Crippen LogP contribution in [-0.4, -0.2) is 26.0 Å². The van der Waals surface area contributed by atoms with Crippen molar-refractivity contribution in [3.05, 3.63) is 27.7 Å². The minimum atomic E-state index is -3.72. The maximum atomic E-state index is 11.7. The number of benzene rings is 1. The molecule has 0 aliphatic rings. The van der Waals surface area contributed by atoms with Crippen LogP contribution in [0.25, 0.3) is 0 Å². The number of nitrogens with zero attached hydrogens (tertiary/aromatic N) is 1. The largest absolute Gasteiger partial charge is 0.409 e. The number of nitrogens with one attached hydrogen (secondary N) is 1. The second-order valence-corrected chi connectivity index (χ2v) is 6.02. The van der Waals surface area contributed by atoms with E-state index in [-0.39, 0.29) is 17.3 Å². The van der Waals surface area contributed by atoms with Crippen LogP contribution < -0.4 is 10.5 Å². The van der Waals surface area contributed by atoms with E-state index in [9.17, 15) is 8.42 Å². The third-order valence-electron chi connectivity index (χ3n) is 1.77. The molecular formula is C8H9BrClN3O3S. The SMILES string of the molecule is N/C(CNS(=O)(=O)c1ccc(Cl)c(Br)c1)=N/O. The predicted octanol–water partition coefficient (Wildman–Crippen LogP) is 1.13. The minimum Gasteiger partial charge on any atom is -0.409 e. The molecule has 1 aromatic carbocycles. The fourth-order valence-corrected chi connectivity index (χ4v) is 2.60. The maximum Gasteiger partial charge on any atom is 0.241 e. The summed E-state index contributed by atoms with van der Waals surface area (Å²) in [5, 5.41) is 11.3. The Labute approximate surface area is 112 Å². The van der Waals surface area contributed by atoms with E-state index in [0.717, 1.165) is 0 Å². The van der Waals surface area contributed by atoms with Gasteiger partial charge in [-0.2, -0.15) is 0 Å². The Bertz CT molecular complexity index is 547. The molecule has 0 atom stereocenters. The molecule has 0 saturated heterocycles. The van der Waals surface area contributed by atoms with Gasteiger partial charge in [-0.3, -0.25) is 0 Å². The Morgan fingerprint density at radius 2 is 2.24 bits per heavy atom. The molecule has 0 aromatic heterocycles. The Morgan fingerprint density at radius 3 is 2.76 bits per heavy atom. The van der Waals surface area contributed by atoms with Gasteiger partial charge < -0.3 is 10.9 Å². The van der Waals surface area contributed by atoms with E-state index in [0.29, 0.717) is 9.50 Å². The van der Waals surface area contributed by atoms with E-state index in [1.807, 2.05) is 0 Å². The van der Waals surface area contributed by atoms with Crippen LogP contribution >= 0.6 is 27.5 Å². The zero-order chi connectivity index (χ0) is 13.1. The predicted molar refractivity (Wildman–Crippen MR) is 67.7 cm³/mol. The molecule has 17 heavy (non-hydrogen) atoms. The fraction of sp³-hybridized carbons (Fsp3) is 0.125. The average molecular weight is 343 g/mol. The molecule has 9 heteroatoms. The van der Waals surface area contributed by atoms with Crippen molar-refractivity contribution in [1.29, 1.82) is 0 Å². The lowest BCUT2D eigenvalue weighted by Gasteiger charge is -2.06. The van der Waals surface area contributed by atoms with Crippen molar-refractivity contribution in [2.75, 3.05) is 6.54 Å². The summed E-state index contributed by atoms with van der Waals surface area (Å²) in [6, 6.07) is 4.16. The number of halogens is 2. The summed E-state index contributed by atoms with van der Waals surface area (Å²) >= 11 is 8.87. The van der Waals surface area contributed by atoms with Crippen molar-refractivity contribution in [1.82, 2.24) is 4.72 Å². The third kappa shape index (κ3) is 3.84. The van der Waals surface area contributed by atoms with Gasteiger partial charge in [0.2, 0.25) is 10.0 Å². The van der Waals surface area contributed by atoms with Gasteiger partial charge in [-0.25, -0.2) is 13.1 Å². The van der Waals surface area contributed by atoms with E-state index in [4.69, 9.17) is 22.5 Å². The number of hydrogen-bond donors (Lipinski definition) is 3. The Morgan fingerprint density at radius 1 is 1.59 bits per heavy atom. The molecule has 0 unspecified atom stereocenters. The molecule has 4 N–H and O–H groups in total. The minimum absolute atomic E-state index is 0.0273. The zero-order valence-corrected chi connectivity index (χ0v) is 11.6. The van der Waals surface area contributed by atoms with Crippen LogP contribution in [0.5, 0.6) is 0 Å². The van der Waals surface area contributed by atoms with Crippen molar-refractivity contribution in [2.45, 2.75) is 4.90 Å². The standard InChI is InChI=1S/C8H9BrClN3O3S/c9-6-3-5(1-2-7(6)10)17(15,16)12-4-8(11)13-14/h1-3,12,14H,4H2,(H2,11,13). The Hall–Kier alpha value is -0.830. The Balaban J connectivity index is 2.94. The van der Waals surface area contributed by atoms with Crippen LogP contribution in [0.3, 0.4) is 0 Å². The van der Waals surface area contributed by atoms with Crippen LogP contribution in [-0.2, 0) is 10.0 Å².